The Bertz CT molecular complexity index is 355. The molecule has 1 aliphatic rings. The van der Waals surface area contributed by atoms with Crippen molar-refractivity contribution in [2.24, 2.45) is 0 Å². The van der Waals surface area contributed by atoms with Crippen LogP contribution in [-0.4, -0.2) is 40.7 Å². The van der Waals surface area contributed by atoms with Gasteiger partial charge in [-0.3, -0.25) is 4.79 Å². The molecule has 1 aromatic heterocycles. The minimum absolute atomic E-state index is 0.00160. The van der Waals surface area contributed by atoms with Crippen molar-refractivity contribution in [1.29, 1.82) is 0 Å². The highest BCUT2D eigenvalue weighted by atomic mass is 16.3. The van der Waals surface area contributed by atoms with Gasteiger partial charge < -0.3 is 15.3 Å². The van der Waals surface area contributed by atoms with E-state index in [1.807, 2.05) is 0 Å². The number of rotatable bonds is 2. The summed E-state index contributed by atoms with van der Waals surface area (Å²) in [5.41, 5.74) is 0.751. The number of carbonyl (C=O) groups excluding carboxylic acids is 1. The number of aromatic nitrogens is 2. The summed E-state index contributed by atoms with van der Waals surface area (Å²) in [7, 11) is 0. The number of aliphatic hydroxyl groups excluding tert-OH is 1. The summed E-state index contributed by atoms with van der Waals surface area (Å²) in [6.45, 7) is 0.649. The summed E-state index contributed by atoms with van der Waals surface area (Å²) in [5, 5.41) is 11.5. The first-order chi connectivity index (χ1) is 6.81. The van der Waals surface area contributed by atoms with E-state index in [1.54, 1.807) is 11.1 Å². The highest BCUT2D eigenvalue weighted by Gasteiger charge is 2.22. The second-order valence-corrected chi connectivity index (χ2v) is 2.95. The van der Waals surface area contributed by atoms with Gasteiger partial charge in [-0.1, -0.05) is 0 Å². The van der Waals surface area contributed by atoms with Crippen LogP contribution in [0, 0.1) is 0 Å². The maximum atomic E-state index is 11.2. The van der Waals surface area contributed by atoms with E-state index >= 15 is 0 Å². The molecule has 0 atom stereocenters. The van der Waals surface area contributed by atoms with E-state index in [2.05, 4.69) is 15.3 Å². The summed E-state index contributed by atoms with van der Waals surface area (Å²) >= 11 is 0. The number of β-amino-alcohol motifs (C(OH)–C–C–N with tert-alkyl or cyclic N) is 1. The van der Waals surface area contributed by atoms with Crippen LogP contribution < -0.4 is 10.2 Å². The van der Waals surface area contributed by atoms with Gasteiger partial charge in [0, 0.05) is 6.54 Å². The molecular weight excluding hydrogens is 184 g/mol. The van der Waals surface area contributed by atoms with E-state index in [-0.39, 0.29) is 19.1 Å². The largest absolute Gasteiger partial charge is 0.395 e. The molecule has 0 saturated heterocycles. The van der Waals surface area contributed by atoms with E-state index < -0.39 is 0 Å². The molecular formula is C8H10N4O2. The first-order valence-corrected chi connectivity index (χ1v) is 4.27. The lowest BCUT2D eigenvalue weighted by Gasteiger charge is -2.28. The fourth-order valence-electron chi connectivity index (χ4n) is 1.40. The third-order valence-electron chi connectivity index (χ3n) is 2.00. The van der Waals surface area contributed by atoms with E-state index in [4.69, 9.17) is 5.11 Å². The molecule has 0 fully saturated rings. The van der Waals surface area contributed by atoms with Crippen molar-refractivity contribution in [3.63, 3.8) is 0 Å². The fourth-order valence-corrected chi connectivity index (χ4v) is 1.40. The van der Waals surface area contributed by atoms with E-state index in [1.165, 1.54) is 6.33 Å². The predicted octanol–water partition coefficient (Wildman–Crippen LogP) is -0.773. The Balaban J connectivity index is 2.33. The molecule has 74 valence electrons. The van der Waals surface area contributed by atoms with Crippen molar-refractivity contribution in [3.05, 3.63) is 12.5 Å². The molecule has 0 bridgehead atoms. The number of hydrogen-bond donors (Lipinski definition) is 2. The van der Waals surface area contributed by atoms with Gasteiger partial charge in [0.2, 0.25) is 5.91 Å². The Morgan fingerprint density at radius 1 is 1.64 bits per heavy atom. The fraction of sp³-hybridized carbons (Fsp3) is 0.375. The second kappa shape index (κ2) is 3.59. The van der Waals surface area contributed by atoms with Crippen LogP contribution in [0.3, 0.4) is 0 Å². The predicted molar refractivity (Wildman–Crippen MR) is 50.0 cm³/mol. The van der Waals surface area contributed by atoms with Gasteiger partial charge in [-0.05, 0) is 0 Å². The molecule has 2 rings (SSSR count). The summed E-state index contributed by atoms with van der Waals surface area (Å²) in [6.07, 6.45) is 3.00. The lowest BCUT2D eigenvalue weighted by molar-refractivity contribution is -0.115. The molecule has 1 aliphatic heterocycles. The summed E-state index contributed by atoms with van der Waals surface area (Å²) in [5.74, 6) is 0.384. The highest BCUT2D eigenvalue weighted by molar-refractivity contribution is 5.99. The van der Waals surface area contributed by atoms with E-state index in [0.717, 1.165) is 5.69 Å². The number of nitrogens with zero attached hydrogens (tertiary/aromatic N) is 3. The highest BCUT2D eigenvalue weighted by Crippen LogP contribution is 2.24. The molecule has 0 unspecified atom stereocenters. The van der Waals surface area contributed by atoms with E-state index in [9.17, 15) is 4.79 Å². The van der Waals surface area contributed by atoms with Crippen molar-refractivity contribution >= 4 is 17.4 Å². The lowest BCUT2D eigenvalue weighted by Crippen LogP contribution is -2.40. The summed E-state index contributed by atoms with van der Waals surface area (Å²) in [4.78, 5) is 20.8. The molecule has 0 radical (unpaired) electrons. The number of hydrogen-bond acceptors (Lipinski definition) is 5. The average Bonchev–Trinajstić information content (AvgIpc) is 2.18. The lowest BCUT2D eigenvalue weighted by atomic mass is 10.3. The Labute approximate surface area is 80.6 Å². The van der Waals surface area contributed by atoms with Crippen LogP contribution in [0.2, 0.25) is 0 Å². The molecule has 0 aliphatic carbocycles. The van der Waals surface area contributed by atoms with Crippen LogP contribution in [0.4, 0.5) is 11.5 Å². The minimum Gasteiger partial charge on any atom is -0.395 e. The SMILES string of the molecule is O=C1CN(CCO)c2cncnc2N1. The topological polar surface area (TPSA) is 78.4 Å². The summed E-state index contributed by atoms with van der Waals surface area (Å²) in [6, 6.07) is 0. The molecule has 6 heteroatoms. The minimum atomic E-state index is -0.121. The van der Waals surface area contributed by atoms with Gasteiger partial charge in [0.15, 0.2) is 5.82 Å². The molecule has 1 amide bonds. The summed E-state index contributed by atoms with van der Waals surface area (Å²) < 4.78 is 0. The average molecular weight is 194 g/mol. The van der Waals surface area contributed by atoms with E-state index in [0.29, 0.717) is 12.4 Å². The zero-order valence-corrected chi connectivity index (χ0v) is 7.47. The monoisotopic (exact) mass is 194 g/mol. The van der Waals surface area contributed by atoms with Gasteiger partial charge in [0.1, 0.15) is 6.33 Å². The Morgan fingerprint density at radius 3 is 3.29 bits per heavy atom. The van der Waals surface area contributed by atoms with Gasteiger partial charge in [0.05, 0.1) is 25.0 Å². The zero-order chi connectivity index (χ0) is 9.97. The van der Waals surface area contributed by atoms with Crippen molar-refractivity contribution in [3.8, 4) is 0 Å². The Morgan fingerprint density at radius 2 is 2.50 bits per heavy atom. The quantitative estimate of drug-likeness (QED) is 0.646. The molecule has 0 saturated carbocycles. The zero-order valence-electron chi connectivity index (χ0n) is 7.47. The molecule has 2 heterocycles. The van der Waals surface area contributed by atoms with Crippen LogP contribution in [0.15, 0.2) is 12.5 Å². The molecule has 14 heavy (non-hydrogen) atoms. The molecule has 6 nitrogen and oxygen atoms in total. The van der Waals surface area contributed by atoms with Gasteiger partial charge in [0.25, 0.3) is 0 Å². The first-order valence-electron chi connectivity index (χ1n) is 4.27. The Hall–Kier alpha value is -1.69. The standard InChI is InChI=1S/C8H10N4O2/c13-2-1-12-4-7(14)11-8-6(12)3-9-5-10-8/h3,5,13H,1-2,4H2,(H,9,10,11,14). The van der Waals surface area contributed by atoms with Crippen molar-refractivity contribution < 1.29 is 9.90 Å². The molecule has 0 aromatic carbocycles. The normalized spacial score (nSPS) is 14.9. The van der Waals surface area contributed by atoms with Crippen molar-refractivity contribution in [2.45, 2.75) is 0 Å². The smallest absolute Gasteiger partial charge is 0.245 e. The maximum Gasteiger partial charge on any atom is 0.245 e. The first kappa shape index (κ1) is 8.89. The molecule has 0 spiro atoms. The number of carbonyl (C=O) groups is 1. The van der Waals surface area contributed by atoms with Crippen LogP contribution in [0.1, 0.15) is 0 Å². The third-order valence-corrected chi connectivity index (χ3v) is 2.00. The Kier molecular flexibility index (Phi) is 2.28. The van der Waals surface area contributed by atoms with Gasteiger partial charge >= 0.3 is 0 Å². The maximum absolute atomic E-state index is 11.2. The van der Waals surface area contributed by atoms with Gasteiger partial charge in [-0.25, -0.2) is 9.97 Å². The second-order valence-electron chi connectivity index (χ2n) is 2.95. The van der Waals surface area contributed by atoms with Gasteiger partial charge in [-0.2, -0.15) is 0 Å². The number of anilines is 2. The number of fused-ring (bicyclic) bond motifs is 1. The van der Waals surface area contributed by atoms with Crippen LogP contribution in [0.25, 0.3) is 0 Å². The van der Waals surface area contributed by atoms with Crippen LogP contribution in [-0.2, 0) is 4.79 Å². The van der Waals surface area contributed by atoms with Crippen molar-refractivity contribution in [1.82, 2.24) is 9.97 Å². The number of amides is 1. The molecule has 1 aromatic rings. The van der Waals surface area contributed by atoms with Crippen molar-refractivity contribution in [2.75, 3.05) is 29.9 Å². The number of aliphatic hydroxyl groups is 1. The third kappa shape index (κ3) is 1.51. The van der Waals surface area contributed by atoms with Crippen LogP contribution >= 0.6 is 0 Å². The van der Waals surface area contributed by atoms with Crippen LogP contribution in [0.5, 0.6) is 0 Å². The van der Waals surface area contributed by atoms with Gasteiger partial charge in [-0.15, -0.1) is 0 Å². The molecule has 2 N–H and O–H groups in total. The number of nitrogens with one attached hydrogen (secondary N) is 1.